The van der Waals surface area contributed by atoms with E-state index in [-0.39, 0.29) is 0 Å². The van der Waals surface area contributed by atoms with Gasteiger partial charge in [-0.25, -0.2) is 9.97 Å². The molecule has 0 aliphatic carbocycles. The van der Waals surface area contributed by atoms with E-state index in [0.29, 0.717) is 34.4 Å². The molecule has 2 aliphatic heterocycles. The number of halogens is 1. The average molecular weight is 818 g/mol. The third-order valence-electron chi connectivity index (χ3n) is 12.2. The Bertz CT molecular complexity index is 2990. The zero-order valence-electron chi connectivity index (χ0n) is 36.4. The van der Waals surface area contributed by atoms with Gasteiger partial charge in [-0.15, -0.1) is 0 Å². The van der Waals surface area contributed by atoms with Gasteiger partial charge in [0.15, 0.2) is 0 Å². The van der Waals surface area contributed by atoms with Crippen LogP contribution in [0.2, 0.25) is 0 Å². The number of nitrogens with one attached hydrogen (secondary N) is 2. The molecule has 0 saturated carbocycles. The number of hydrogen-bond acceptors (Lipinski definition) is 2. The maximum atomic E-state index is 7.66. The molecule has 304 valence electrons. The number of hydrogen-bond donors (Lipinski definition) is 2. The molecule has 0 spiro atoms. The molecule has 0 fully saturated rings. The Labute approximate surface area is 365 Å². The van der Waals surface area contributed by atoms with Crippen LogP contribution in [0.1, 0.15) is 130 Å². The van der Waals surface area contributed by atoms with Crippen molar-refractivity contribution in [2.45, 2.75) is 79.1 Å². The van der Waals surface area contributed by atoms with Crippen molar-refractivity contribution in [3.05, 3.63) is 178 Å². The highest BCUT2D eigenvalue weighted by atomic mass is 35.5. The van der Waals surface area contributed by atoms with Crippen LogP contribution in [-0.2, 0) is 0 Å². The molecule has 5 heterocycles. The second-order valence-electron chi connectivity index (χ2n) is 17.8. The predicted octanol–water partition coefficient (Wildman–Crippen LogP) is 16.1. The van der Waals surface area contributed by atoms with Crippen LogP contribution in [0.4, 0.5) is 0 Å². The number of nitrogens with zero attached hydrogens (tertiary/aromatic N) is 2. The van der Waals surface area contributed by atoms with E-state index in [4.69, 9.17) is 21.6 Å². The van der Waals surface area contributed by atoms with Crippen molar-refractivity contribution in [2.75, 3.05) is 0 Å². The van der Waals surface area contributed by atoms with Gasteiger partial charge in [-0.1, -0.05) is 164 Å². The minimum atomic E-state index is 0.380. The van der Waals surface area contributed by atoms with E-state index in [2.05, 4.69) is 205 Å². The summed E-state index contributed by atoms with van der Waals surface area (Å²) >= 11 is 7.66. The lowest BCUT2D eigenvalue weighted by Gasteiger charge is -2.15. The Morgan fingerprint density at radius 1 is 0.426 bits per heavy atom. The molecule has 7 aromatic rings. The highest BCUT2D eigenvalue weighted by Crippen LogP contribution is 2.48. The van der Waals surface area contributed by atoms with Gasteiger partial charge < -0.3 is 9.97 Å². The Hall–Kier alpha value is -6.23. The quantitative estimate of drug-likeness (QED) is 0.160. The molecule has 0 atom stereocenters. The first kappa shape index (κ1) is 40.2. The molecular formula is C56H53ClN4. The molecular weight excluding hydrogens is 764 g/mol. The van der Waals surface area contributed by atoms with E-state index >= 15 is 0 Å². The van der Waals surface area contributed by atoms with E-state index in [0.717, 1.165) is 83.7 Å². The van der Waals surface area contributed by atoms with Crippen molar-refractivity contribution in [3.63, 3.8) is 0 Å². The van der Waals surface area contributed by atoms with Crippen LogP contribution in [0, 0.1) is 0 Å². The number of aromatic amines is 2. The molecule has 4 aromatic carbocycles. The van der Waals surface area contributed by atoms with E-state index in [9.17, 15) is 0 Å². The molecule has 3 aromatic heterocycles. The third kappa shape index (κ3) is 7.82. The molecule has 0 radical (unpaired) electrons. The Morgan fingerprint density at radius 2 is 0.852 bits per heavy atom. The van der Waals surface area contributed by atoms with Gasteiger partial charge in [0.25, 0.3) is 0 Å². The minimum Gasteiger partial charge on any atom is -0.355 e. The van der Waals surface area contributed by atoms with Gasteiger partial charge in [-0.3, -0.25) is 0 Å². The van der Waals surface area contributed by atoms with Crippen LogP contribution in [0.15, 0.2) is 127 Å². The summed E-state index contributed by atoms with van der Waals surface area (Å²) in [6.07, 6.45) is 4.18. The molecule has 8 bridgehead atoms. The molecule has 9 rings (SSSR count). The highest BCUT2D eigenvalue weighted by Gasteiger charge is 2.28. The van der Waals surface area contributed by atoms with Crippen LogP contribution in [0.5, 0.6) is 0 Å². The van der Waals surface area contributed by atoms with Crippen LogP contribution >= 0.6 is 11.6 Å². The van der Waals surface area contributed by atoms with Crippen LogP contribution in [0.3, 0.4) is 0 Å². The molecule has 2 N–H and O–H groups in total. The standard InChI is InChI=1S/C56H53ClN4/c1-32(2)36-9-17-40(18-10-36)50-48-30-46-27-25-44(58-46)29-45-26-28-47(59-45)31-49-54(57)52(42-21-13-38(14-22-42)34(5)6)56(61-49)53(43-23-15-39(16-24-43)35(7)8)55(60-48)51(50)41-19-11-37(12-20-41)33(3)4/h9-35,59-60H,1-8H3. The van der Waals surface area contributed by atoms with Crippen molar-refractivity contribution < 1.29 is 0 Å². The van der Waals surface area contributed by atoms with E-state index in [1.165, 1.54) is 22.3 Å². The summed E-state index contributed by atoms with van der Waals surface area (Å²) in [6.45, 7) is 17.9. The van der Waals surface area contributed by atoms with Crippen molar-refractivity contribution >= 4 is 56.4 Å². The zero-order valence-corrected chi connectivity index (χ0v) is 37.1. The maximum absolute atomic E-state index is 7.66. The zero-order chi connectivity index (χ0) is 42.5. The first-order chi connectivity index (χ1) is 29.4. The van der Waals surface area contributed by atoms with E-state index in [1.807, 2.05) is 0 Å². The van der Waals surface area contributed by atoms with Gasteiger partial charge in [0.1, 0.15) is 0 Å². The van der Waals surface area contributed by atoms with Crippen molar-refractivity contribution in [1.29, 1.82) is 0 Å². The SMILES string of the molecule is CC(C)c1ccc(C2=C(Cl)c3cc4ccc(cc5nc(cc6[nH]c(c(-c7ccc(C(C)C)cc7)c2n3)c(-c2ccc(C(C)C)cc2)c6-c2ccc(C(C)C)cc2)C=C5)[nH]4)cc1. The fourth-order valence-electron chi connectivity index (χ4n) is 8.55. The second kappa shape index (κ2) is 16.3. The van der Waals surface area contributed by atoms with Gasteiger partial charge >= 0.3 is 0 Å². The van der Waals surface area contributed by atoms with Crippen LogP contribution in [0.25, 0.3) is 78.2 Å². The minimum absolute atomic E-state index is 0.380. The van der Waals surface area contributed by atoms with E-state index in [1.54, 1.807) is 0 Å². The lowest BCUT2D eigenvalue weighted by molar-refractivity contribution is 0.866. The lowest BCUT2D eigenvalue weighted by atomic mass is 9.89. The Morgan fingerprint density at radius 3 is 1.34 bits per heavy atom. The first-order valence-electron chi connectivity index (χ1n) is 21.7. The van der Waals surface area contributed by atoms with Gasteiger partial charge in [0.2, 0.25) is 0 Å². The van der Waals surface area contributed by atoms with Gasteiger partial charge in [-0.05, 0) is 111 Å². The number of H-pyrrole nitrogens is 2. The number of fused-ring (bicyclic) bond motifs is 8. The Kier molecular flexibility index (Phi) is 10.8. The molecule has 0 unspecified atom stereocenters. The van der Waals surface area contributed by atoms with Gasteiger partial charge in [0, 0.05) is 38.8 Å². The molecule has 0 amide bonds. The van der Waals surface area contributed by atoms with Gasteiger partial charge in [-0.2, -0.15) is 0 Å². The monoisotopic (exact) mass is 816 g/mol. The van der Waals surface area contributed by atoms with Crippen LogP contribution in [-0.4, -0.2) is 19.9 Å². The summed E-state index contributed by atoms with van der Waals surface area (Å²) in [7, 11) is 0. The molecule has 0 saturated heterocycles. The number of benzene rings is 4. The second-order valence-corrected chi connectivity index (χ2v) is 18.2. The molecule has 2 aliphatic rings. The largest absolute Gasteiger partial charge is 0.355 e. The normalized spacial score (nSPS) is 12.8. The number of aromatic nitrogens is 4. The predicted molar refractivity (Wildman–Crippen MR) is 261 cm³/mol. The van der Waals surface area contributed by atoms with Crippen molar-refractivity contribution in [3.8, 4) is 33.4 Å². The first-order valence-corrected chi connectivity index (χ1v) is 22.1. The van der Waals surface area contributed by atoms with Crippen molar-refractivity contribution in [2.24, 2.45) is 0 Å². The summed E-state index contributed by atoms with van der Waals surface area (Å²) in [5.74, 6) is 1.59. The molecule has 61 heavy (non-hydrogen) atoms. The van der Waals surface area contributed by atoms with Gasteiger partial charge in [0.05, 0.1) is 33.3 Å². The summed E-state index contributed by atoms with van der Waals surface area (Å²) in [4.78, 5) is 18.3. The average Bonchev–Trinajstić information content (AvgIpc) is 4.05. The summed E-state index contributed by atoms with van der Waals surface area (Å²) in [6, 6.07) is 46.6. The third-order valence-corrected chi connectivity index (χ3v) is 12.6. The van der Waals surface area contributed by atoms with E-state index < -0.39 is 0 Å². The number of rotatable bonds is 8. The molecule has 5 heteroatoms. The van der Waals surface area contributed by atoms with Crippen molar-refractivity contribution in [1.82, 2.24) is 19.9 Å². The summed E-state index contributed by atoms with van der Waals surface area (Å²) in [5, 5.41) is 0.612. The Balaban J connectivity index is 1.51. The fraction of sp³-hybridized carbons (Fsp3) is 0.214. The maximum Gasteiger partial charge on any atom is 0.0851 e. The smallest absolute Gasteiger partial charge is 0.0851 e. The van der Waals surface area contributed by atoms with Crippen LogP contribution < -0.4 is 0 Å². The highest BCUT2D eigenvalue weighted by molar-refractivity contribution is 6.54. The molecule has 4 nitrogen and oxygen atoms in total. The summed E-state index contributed by atoms with van der Waals surface area (Å²) in [5.41, 5.74) is 20.6. The lowest BCUT2D eigenvalue weighted by Crippen LogP contribution is -1.95. The summed E-state index contributed by atoms with van der Waals surface area (Å²) < 4.78 is 0. The fourth-order valence-corrected chi connectivity index (χ4v) is 8.84. The topological polar surface area (TPSA) is 57.4 Å².